The first-order valence-electron chi connectivity index (χ1n) is 13.2. The molecule has 0 spiro atoms. The van der Waals surface area contributed by atoms with Crippen molar-refractivity contribution in [1.82, 2.24) is 9.80 Å². The molecule has 3 aliphatic carbocycles. The fourth-order valence-electron chi connectivity index (χ4n) is 7.45. The van der Waals surface area contributed by atoms with Crippen LogP contribution >= 0.6 is 15.9 Å². The molecule has 39 heavy (non-hydrogen) atoms. The van der Waals surface area contributed by atoms with Crippen LogP contribution in [-0.4, -0.2) is 33.4 Å². The molecule has 0 radical (unpaired) electrons. The lowest BCUT2D eigenvalue weighted by atomic mass is 9.45. The molecule has 7 heteroatoms. The van der Waals surface area contributed by atoms with E-state index in [2.05, 4.69) is 15.9 Å². The first-order chi connectivity index (χ1) is 18.9. The summed E-state index contributed by atoms with van der Waals surface area (Å²) in [5.41, 5.74) is 1.39. The van der Waals surface area contributed by atoms with Crippen molar-refractivity contribution in [2.75, 3.05) is 0 Å². The van der Waals surface area contributed by atoms with Crippen molar-refractivity contribution in [3.05, 3.63) is 118 Å². The standard InChI is InChI=1S/C32H25BrN2O4/c33-22-13-11-21(12-14-22)32-16-15-23(24-26(32)30(38)34(28(24)36)17-19-7-3-1-4-8-19)25-27(32)31(39)35(29(25)37)18-20-9-5-2-6-10-20/h1-16,23-27H,17-18H2. The lowest BCUT2D eigenvalue weighted by molar-refractivity contribution is -0.141. The van der Waals surface area contributed by atoms with E-state index < -0.39 is 35.0 Å². The van der Waals surface area contributed by atoms with E-state index in [0.717, 1.165) is 21.2 Å². The lowest BCUT2D eigenvalue weighted by Gasteiger charge is -2.53. The van der Waals surface area contributed by atoms with Gasteiger partial charge in [0.25, 0.3) is 0 Å². The van der Waals surface area contributed by atoms with Gasteiger partial charge in [-0.05, 0) is 28.8 Å². The normalized spacial score (nSPS) is 30.7. The maximum atomic E-state index is 14.2. The molecule has 2 saturated heterocycles. The number of hydrogen-bond acceptors (Lipinski definition) is 4. The van der Waals surface area contributed by atoms with E-state index in [1.165, 1.54) is 9.80 Å². The first-order valence-corrected chi connectivity index (χ1v) is 13.9. The molecule has 4 amide bonds. The smallest absolute Gasteiger partial charge is 0.234 e. The fraction of sp³-hybridized carbons (Fsp3) is 0.250. The van der Waals surface area contributed by atoms with Gasteiger partial charge in [0.05, 0.1) is 36.8 Å². The molecule has 4 unspecified atom stereocenters. The highest BCUT2D eigenvalue weighted by atomic mass is 79.9. The third-order valence-corrected chi connectivity index (χ3v) is 9.58. The minimum absolute atomic E-state index is 0.173. The summed E-state index contributed by atoms with van der Waals surface area (Å²) < 4.78 is 0.864. The molecule has 3 aromatic rings. The number of carbonyl (C=O) groups is 4. The van der Waals surface area contributed by atoms with Crippen LogP contribution < -0.4 is 0 Å². The van der Waals surface area contributed by atoms with E-state index in [1.54, 1.807) is 0 Å². The van der Waals surface area contributed by atoms with Crippen LogP contribution in [0.15, 0.2) is 102 Å². The summed E-state index contributed by atoms with van der Waals surface area (Å²) in [5, 5.41) is 0. The molecule has 5 aliphatic rings. The van der Waals surface area contributed by atoms with Gasteiger partial charge in [-0.3, -0.25) is 29.0 Å². The molecule has 0 N–H and O–H groups in total. The Bertz CT molecular complexity index is 1450. The number of rotatable bonds is 5. The van der Waals surface area contributed by atoms with Gasteiger partial charge in [-0.15, -0.1) is 0 Å². The maximum Gasteiger partial charge on any atom is 0.234 e. The minimum atomic E-state index is -1.10. The number of amides is 4. The van der Waals surface area contributed by atoms with Crippen molar-refractivity contribution in [3.63, 3.8) is 0 Å². The molecule has 1 saturated carbocycles. The fourth-order valence-corrected chi connectivity index (χ4v) is 7.72. The predicted octanol–water partition coefficient (Wildman–Crippen LogP) is 4.49. The van der Waals surface area contributed by atoms with E-state index in [0.29, 0.717) is 0 Å². The van der Waals surface area contributed by atoms with Crippen molar-refractivity contribution in [1.29, 1.82) is 0 Å². The summed E-state index contributed by atoms with van der Waals surface area (Å²) in [6, 6.07) is 26.5. The number of halogens is 1. The Morgan fingerprint density at radius 3 is 1.54 bits per heavy atom. The lowest BCUT2D eigenvalue weighted by Crippen LogP contribution is -2.60. The third-order valence-electron chi connectivity index (χ3n) is 9.05. The topological polar surface area (TPSA) is 74.8 Å². The monoisotopic (exact) mass is 580 g/mol. The van der Waals surface area contributed by atoms with Crippen molar-refractivity contribution < 1.29 is 19.2 Å². The summed E-state index contributed by atoms with van der Waals surface area (Å²) in [6.45, 7) is 0.345. The average Bonchev–Trinajstić information content (AvgIpc) is 3.38. The number of benzene rings is 3. The summed E-state index contributed by atoms with van der Waals surface area (Å²) in [4.78, 5) is 59.0. The largest absolute Gasteiger partial charge is 0.278 e. The first kappa shape index (κ1) is 24.2. The molecule has 194 valence electrons. The van der Waals surface area contributed by atoms with Gasteiger partial charge in [0, 0.05) is 15.8 Å². The number of imide groups is 2. The number of hydrogen-bond donors (Lipinski definition) is 0. The SMILES string of the molecule is O=C1C2C3C=CC(c4ccc(Br)cc4)(C2C(=O)N1Cc1ccccc1)C1C(=O)N(Cc2ccccc2)C(=O)C31. The van der Waals surface area contributed by atoms with Gasteiger partial charge in [0.2, 0.25) is 23.6 Å². The van der Waals surface area contributed by atoms with Crippen molar-refractivity contribution in [3.8, 4) is 0 Å². The van der Waals surface area contributed by atoms with Crippen molar-refractivity contribution in [2.45, 2.75) is 18.5 Å². The molecular weight excluding hydrogens is 556 g/mol. The second kappa shape index (κ2) is 8.85. The Labute approximate surface area is 234 Å². The van der Waals surface area contributed by atoms with E-state index in [4.69, 9.17) is 0 Å². The zero-order valence-corrected chi connectivity index (χ0v) is 22.5. The molecule has 6 nitrogen and oxygen atoms in total. The van der Waals surface area contributed by atoms with Gasteiger partial charge in [0.1, 0.15) is 0 Å². The Morgan fingerprint density at radius 1 is 0.615 bits per heavy atom. The van der Waals surface area contributed by atoms with Crippen LogP contribution in [0.1, 0.15) is 16.7 Å². The van der Waals surface area contributed by atoms with E-state index in [-0.39, 0.29) is 36.7 Å². The zero-order chi connectivity index (χ0) is 26.9. The Morgan fingerprint density at radius 2 is 1.08 bits per heavy atom. The van der Waals surface area contributed by atoms with Gasteiger partial charge in [-0.2, -0.15) is 0 Å². The Hall–Kier alpha value is -3.84. The Kier molecular flexibility index (Phi) is 5.49. The molecule has 8 rings (SSSR count). The number of allylic oxidation sites excluding steroid dienone is 2. The Balaban J connectivity index is 1.36. The number of likely N-dealkylation sites (tertiary alicyclic amines) is 2. The molecule has 4 atom stereocenters. The van der Waals surface area contributed by atoms with Crippen molar-refractivity contribution >= 4 is 39.6 Å². The van der Waals surface area contributed by atoms with E-state index in [9.17, 15) is 19.2 Å². The van der Waals surface area contributed by atoms with E-state index >= 15 is 0 Å². The summed E-state index contributed by atoms with van der Waals surface area (Å²) >= 11 is 3.49. The van der Waals surface area contributed by atoms with Crippen LogP contribution in [0.3, 0.4) is 0 Å². The second-order valence-electron chi connectivity index (χ2n) is 10.9. The third kappa shape index (κ3) is 3.39. The minimum Gasteiger partial charge on any atom is -0.278 e. The average molecular weight is 581 g/mol. The molecule has 2 aliphatic heterocycles. The quantitative estimate of drug-likeness (QED) is 0.329. The summed E-state index contributed by atoms with van der Waals surface area (Å²) in [7, 11) is 0. The highest BCUT2D eigenvalue weighted by Gasteiger charge is 2.74. The zero-order valence-electron chi connectivity index (χ0n) is 20.9. The maximum absolute atomic E-state index is 14.2. The van der Waals surface area contributed by atoms with E-state index in [1.807, 2.05) is 97.1 Å². The van der Waals surface area contributed by atoms with Crippen LogP contribution in [0.4, 0.5) is 0 Å². The molecule has 0 aromatic heterocycles. The molecule has 2 bridgehead atoms. The second-order valence-corrected chi connectivity index (χ2v) is 11.8. The van der Waals surface area contributed by atoms with Gasteiger partial charge >= 0.3 is 0 Å². The highest BCUT2D eigenvalue weighted by Crippen LogP contribution is 2.64. The number of nitrogens with zero attached hydrogens (tertiary/aromatic N) is 2. The molecular formula is C32H25BrN2O4. The van der Waals surface area contributed by atoms with Crippen LogP contribution in [0.25, 0.3) is 0 Å². The molecule has 3 aromatic carbocycles. The predicted molar refractivity (Wildman–Crippen MR) is 146 cm³/mol. The van der Waals surface area contributed by atoms with Crippen LogP contribution in [-0.2, 0) is 37.7 Å². The van der Waals surface area contributed by atoms with Gasteiger partial charge < -0.3 is 0 Å². The number of carbonyl (C=O) groups excluding carboxylic acids is 4. The van der Waals surface area contributed by atoms with Crippen molar-refractivity contribution in [2.24, 2.45) is 29.6 Å². The molecule has 2 heterocycles. The molecule has 3 fully saturated rings. The highest BCUT2D eigenvalue weighted by molar-refractivity contribution is 9.10. The van der Waals surface area contributed by atoms with Gasteiger partial charge in [0.15, 0.2) is 0 Å². The van der Waals surface area contributed by atoms with Crippen LogP contribution in [0.5, 0.6) is 0 Å². The summed E-state index contributed by atoms with van der Waals surface area (Å²) in [5.74, 6) is -4.45. The summed E-state index contributed by atoms with van der Waals surface area (Å²) in [6.07, 6.45) is 3.89. The van der Waals surface area contributed by atoms with Crippen LogP contribution in [0, 0.1) is 29.6 Å². The van der Waals surface area contributed by atoms with Gasteiger partial charge in [-0.25, -0.2) is 0 Å². The van der Waals surface area contributed by atoms with Crippen LogP contribution in [0.2, 0.25) is 0 Å². The van der Waals surface area contributed by atoms with Gasteiger partial charge in [-0.1, -0.05) is 101 Å².